The SMILES string of the molecule is COc1ccc(-n2c(C)cc([C@@H]3[C@@H](c4ccccn4)NC(=S)N3c3ccc(NC(=O)C(C)(C)C)c(OC)c3)c2C)cc1. The molecular weight excluding hydrogens is 546 g/mol. The van der Waals surface area contributed by atoms with E-state index in [1.807, 2.05) is 69.3 Å². The number of rotatable bonds is 7. The molecule has 1 aliphatic heterocycles. The molecule has 1 fully saturated rings. The normalized spacial score (nSPS) is 16.7. The van der Waals surface area contributed by atoms with Crippen LogP contribution in [0.25, 0.3) is 5.69 Å². The van der Waals surface area contributed by atoms with E-state index in [4.69, 9.17) is 26.7 Å². The van der Waals surface area contributed by atoms with Crippen molar-refractivity contribution in [1.29, 1.82) is 0 Å². The van der Waals surface area contributed by atoms with Crippen molar-refractivity contribution >= 4 is 34.6 Å². The highest BCUT2D eigenvalue weighted by Gasteiger charge is 2.42. The van der Waals surface area contributed by atoms with E-state index in [1.54, 1.807) is 20.4 Å². The molecule has 2 N–H and O–H groups in total. The molecule has 9 heteroatoms. The van der Waals surface area contributed by atoms with Crippen molar-refractivity contribution in [1.82, 2.24) is 14.9 Å². The van der Waals surface area contributed by atoms with E-state index in [1.165, 1.54) is 0 Å². The summed E-state index contributed by atoms with van der Waals surface area (Å²) in [5.41, 5.74) is 6.16. The van der Waals surface area contributed by atoms with E-state index in [9.17, 15) is 4.79 Å². The van der Waals surface area contributed by atoms with Gasteiger partial charge < -0.3 is 29.6 Å². The van der Waals surface area contributed by atoms with E-state index >= 15 is 0 Å². The number of anilines is 2. The highest BCUT2D eigenvalue weighted by atomic mass is 32.1. The summed E-state index contributed by atoms with van der Waals surface area (Å²) in [6.45, 7) is 9.87. The van der Waals surface area contributed by atoms with Gasteiger partial charge in [0.2, 0.25) is 5.91 Å². The van der Waals surface area contributed by atoms with Crippen molar-refractivity contribution in [3.8, 4) is 17.2 Å². The van der Waals surface area contributed by atoms with Gasteiger partial charge in [0.1, 0.15) is 11.5 Å². The van der Waals surface area contributed by atoms with Crippen LogP contribution in [0.3, 0.4) is 0 Å². The van der Waals surface area contributed by atoms with E-state index in [2.05, 4.69) is 52.1 Å². The van der Waals surface area contributed by atoms with Crippen LogP contribution in [0.15, 0.2) is 72.9 Å². The van der Waals surface area contributed by atoms with E-state index in [0.29, 0.717) is 16.5 Å². The molecule has 4 aromatic rings. The number of ether oxygens (including phenoxy) is 2. The molecule has 2 aromatic carbocycles. The zero-order valence-corrected chi connectivity index (χ0v) is 25.9. The van der Waals surface area contributed by atoms with Gasteiger partial charge in [0.15, 0.2) is 5.11 Å². The van der Waals surface area contributed by atoms with Gasteiger partial charge in [-0.05, 0) is 86.2 Å². The molecule has 1 aliphatic rings. The molecule has 0 unspecified atom stereocenters. The first-order valence-corrected chi connectivity index (χ1v) is 14.3. The third-order valence-corrected chi connectivity index (χ3v) is 7.92. The Labute approximate surface area is 252 Å². The molecular formula is C33H37N5O3S. The molecule has 0 bridgehead atoms. The van der Waals surface area contributed by atoms with Crippen molar-refractivity contribution in [3.05, 3.63) is 95.6 Å². The van der Waals surface area contributed by atoms with Crippen molar-refractivity contribution in [2.45, 2.75) is 46.7 Å². The summed E-state index contributed by atoms with van der Waals surface area (Å²) in [5.74, 6) is 1.27. The fraction of sp³-hybridized carbons (Fsp3) is 0.303. The number of thiocarbonyl (C=S) groups is 1. The second-order valence-electron chi connectivity index (χ2n) is 11.4. The molecule has 1 amide bonds. The number of pyridine rings is 1. The van der Waals surface area contributed by atoms with E-state index in [-0.39, 0.29) is 18.0 Å². The number of carbonyl (C=O) groups is 1. The van der Waals surface area contributed by atoms with Crippen molar-refractivity contribution in [3.63, 3.8) is 0 Å². The van der Waals surface area contributed by atoms with Crippen LogP contribution in [0, 0.1) is 19.3 Å². The number of amides is 1. The Kier molecular flexibility index (Phi) is 7.97. The number of nitrogens with one attached hydrogen (secondary N) is 2. The lowest BCUT2D eigenvalue weighted by Gasteiger charge is -2.29. The van der Waals surface area contributed by atoms with Crippen LogP contribution in [-0.4, -0.2) is 34.8 Å². The standard InChI is InChI=1S/C33H37N5O3S/c1-20-18-25(21(2)37(20)22-11-14-24(40-6)15-12-22)30-29(27-10-8-9-17-34-27)36-32(42)38(30)23-13-16-26(28(19-23)41-7)35-31(39)33(3,4)5/h8-19,29-30H,1-7H3,(H,35,39)(H,36,42)/t29-,30-/m1/s1. The van der Waals surface area contributed by atoms with E-state index in [0.717, 1.165) is 39.8 Å². The first-order chi connectivity index (χ1) is 20.0. The number of aromatic nitrogens is 2. The molecule has 0 aliphatic carbocycles. The number of hydrogen-bond donors (Lipinski definition) is 2. The molecule has 42 heavy (non-hydrogen) atoms. The van der Waals surface area contributed by atoms with Crippen molar-refractivity contribution in [2.75, 3.05) is 24.4 Å². The second kappa shape index (κ2) is 11.5. The second-order valence-corrected chi connectivity index (χ2v) is 11.8. The van der Waals surface area contributed by atoms with Crippen molar-refractivity contribution < 1.29 is 14.3 Å². The monoisotopic (exact) mass is 583 g/mol. The molecule has 8 nitrogen and oxygen atoms in total. The molecule has 0 saturated carbocycles. The van der Waals surface area contributed by atoms with E-state index < -0.39 is 5.41 Å². The van der Waals surface area contributed by atoms with Gasteiger partial charge in [-0.15, -0.1) is 0 Å². The summed E-state index contributed by atoms with van der Waals surface area (Å²) in [5, 5.41) is 7.12. The zero-order chi connectivity index (χ0) is 30.2. The number of carbonyl (C=O) groups excluding carboxylic acids is 1. The lowest BCUT2D eigenvalue weighted by Crippen LogP contribution is -2.30. The van der Waals surface area contributed by atoms with Gasteiger partial charge in [0.25, 0.3) is 0 Å². The smallest absolute Gasteiger partial charge is 0.229 e. The van der Waals surface area contributed by atoms with Gasteiger partial charge in [-0.25, -0.2) is 0 Å². The Bertz CT molecular complexity index is 1610. The van der Waals surface area contributed by atoms with Crippen LogP contribution in [0.5, 0.6) is 11.5 Å². The van der Waals surface area contributed by atoms with Gasteiger partial charge in [0, 0.05) is 40.4 Å². The molecule has 3 heterocycles. The van der Waals surface area contributed by atoms with Crippen molar-refractivity contribution in [2.24, 2.45) is 5.41 Å². The molecule has 2 aromatic heterocycles. The predicted octanol–water partition coefficient (Wildman–Crippen LogP) is 6.67. The summed E-state index contributed by atoms with van der Waals surface area (Å²) in [6, 6.07) is 21.5. The summed E-state index contributed by atoms with van der Waals surface area (Å²) in [4.78, 5) is 19.5. The minimum atomic E-state index is -0.544. The number of nitrogens with zero attached hydrogens (tertiary/aromatic N) is 3. The molecule has 0 radical (unpaired) electrons. The van der Waals surface area contributed by atoms with Crippen LogP contribution in [0.2, 0.25) is 0 Å². The van der Waals surface area contributed by atoms with Gasteiger partial charge in [-0.2, -0.15) is 0 Å². The Morgan fingerprint density at radius 3 is 2.31 bits per heavy atom. The first kappa shape index (κ1) is 29.1. The maximum Gasteiger partial charge on any atom is 0.229 e. The van der Waals surface area contributed by atoms with Crippen LogP contribution < -0.4 is 25.0 Å². The predicted molar refractivity (Wildman–Crippen MR) is 171 cm³/mol. The van der Waals surface area contributed by atoms with Crippen LogP contribution in [0.4, 0.5) is 11.4 Å². The summed E-state index contributed by atoms with van der Waals surface area (Å²) in [7, 11) is 3.27. The average molecular weight is 584 g/mol. The molecule has 0 spiro atoms. The highest BCUT2D eigenvalue weighted by molar-refractivity contribution is 7.80. The third-order valence-electron chi connectivity index (χ3n) is 7.61. The average Bonchev–Trinajstić information content (AvgIpc) is 3.47. The topological polar surface area (TPSA) is 80.7 Å². The molecule has 218 valence electrons. The Morgan fingerprint density at radius 2 is 1.69 bits per heavy atom. The first-order valence-electron chi connectivity index (χ1n) is 13.9. The quantitative estimate of drug-likeness (QED) is 0.235. The summed E-state index contributed by atoms with van der Waals surface area (Å²) < 4.78 is 13.4. The fourth-order valence-corrected chi connectivity index (χ4v) is 5.75. The largest absolute Gasteiger partial charge is 0.497 e. The zero-order valence-electron chi connectivity index (χ0n) is 25.1. The van der Waals surface area contributed by atoms with Crippen LogP contribution in [0.1, 0.15) is 55.5 Å². The van der Waals surface area contributed by atoms with Crippen LogP contribution >= 0.6 is 12.2 Å². The molecule has 1 saturated heterocycles. The number of aryl methyl sites for hydroxylation is 1. The van der Waals surface area contributed by atoms with Gasteiger partial charge in [-0.1, -0.05) is 26.8 Å². The van der Waals surface area contributed by atoms with Gasteiger partial charge in [0.05, 0.1) is 37.7 Å². The highest BCUT2D eigenvalue weighted by Crippen LogP contribution is 2.45. The Balaban J connectivity index is 1.61. The minimum Gasteiger partial charge on any atom is -0.497 e. The summed E-state index contributed by atoms with van der Waals surface area (Å²) >= 11 is 5.97. The molecule has 5 rings (SSSR count). The Morgan fingerprint density at radius 1 is 0.976 bits per heavy atom. The number of benzene rings is 2. The summed E-state index contributed by atoms with van der Waals surface area (Å²) in [6.07, 6.45) is 1.80. The number of hydrogen-bond acceptors (Lipinski definition) is 5. The lowest BCUT2D eigenvalue weighted by molar-refractivity contribution is -0.123. The third kappa shape index (κ3) is 5.44. The van der Waals surface area contributed by atoms with Gasteiger partial charge >= 0.3 is 0 Å². The maximum atomic E-state index is 12.7. The minimum absolute atomic E-state index is 0.0917. The number of methoxy groups -OCH3 is 2. The maximum absolute atomic E-state index is 12.7. The van der Waals surface area contributed by atoms with Gasteiger partial charge in [-0.3, -0.25) is 9.78 Å². The lowest BCUT2D eigenvalue weighted by atomic mass is 9.95. The Hall–Kier alpha value is -4.37. The molecule has 2 atom stereocenters. The van der Waals surface area contributed by atoms with Crippen LogP contribution in [-0.2, 0) is 4.79 Å². The fourth-order valence-electron chi connectivity index (χ4n) is 5.41.